The number of benzene rings is 1. The van der Waals surface area contributed by atoms with Gasteiger partial charge in [0.1, 0.15) is 11.5 Å². The van der Waals surface area contributed by atoms with E-state index in [9.17, 15) is 14.0 Å². The molecule has 2 aromatic rings. The van der Waals surface area contributed by atoms with Gasteiger partial charge in [0.15, 0.2) is 0 Å². The zero-order valence-electron chi connectivity index (χ0n) is 10.5. The van der Waals surface area contributed by atoms with Crippen LogP contribution in [0.2, 0.25) is 0 Å². The molecule has 2 amide bonds. The van der Waals surface area contributed by atoms with Crippen LogP contribution in [0.4, 0.5) is 4.39 Å². The molecular weight excluding hydrogens is 261 g/mol. The van der Waals surface area contributed by atoms with E-state index in [4.69, 9.17) is 5.73 Å². The summed E-state index contributed by atoms with van der Waals surface area (Å²) < 4.78 is 13.4. The lowest BCUT2D eigenvalue weighted by Gasteiger charge is -2.04. The lowest BCUT2D eigenvalue weighted by Crippen LogP contribution is -2.22. The Bertz CT molecular complexity index is 761. The summed E-state index contributed by atoms with van der Waals surface area (Å²) in [6.07, 6.45) is 1.73. The van der Waals surface area contributed by atoms with Crippen LogP contribution in [-0.2, 0) is 4.79 Å². The summed E-state index contributed by atoms with van der Waals surface area (Å²) in [4.78, 5) is 26.2. The van der Waals surface area contributed by atoms with Gasteiger partial charge in [-0.15, -0.1) is 0 Å². The number of amides is 2. The van der Waals surface area contributed by atoms with Crippen molar-refractivity contribution in [3.63, 3.8) is 0 Å². The molecule has 3 rings (SSSR count). The molecule has 0 saturated heterocycles. The molecule has 1 aliphatic heterocycles. The number of aromatic amines is 1. The van der Waals surface area contributed by atoms with Gasteiger partial charge in [-0.2, -0.15) is 0 Å². The molecule has 0 bridgehead atoms. The maximum absolute atomic E-state index is 13.4. The van der Waals surface area contributed by atoms with Crippen LogP contribution in [0, 0.1) is 5.82 Å². The Morgan fingerprint density at radius 2 is 2.20 bits per heavy atom. The molecule has 5 nitrogen and oxygen atoms in total. The fraction of sp³-hybridized carbons (Fsp3) is 0.143. The minimum Gasteiger partial charge on any atom is -0.369 e. The number of hydrogen-bond donors (Lipinski definition) is 3. The highest BCUT2D eigenvalue weighted by Crippen LogP contribution is 2.32. The molecule has 0 fully saturated rings. The van der Waals surface area contributed by atoms with Crippen molar-refractivity contribution in [3.8, 4) is 0 Å². The van der Waals surface area contributed by atoms with Crippen LogP contribution in [0.25, 0.3) is 16.5 Å². The van der Waals surface area contributed by atoms with Crippen LogP contribution in [0.3, 0.4) is 0 Å². The molecule has 1 aliphatic rings. The zero-order valence-corrected chi connectivity index (χ0v) is 10.5. The number of aromatic nitrogens is 1. The summed E-state index contributed by atoms with van der Waals surface area (Å²) in [6.45, 7) is 0.306. The number of nitrogens with two attached hydrogens (primary N) is 1. The second kappa shape index (κ2) is 4.48. The molecule has 1 aromatic heterocycles. The number of H-pyrrole nitrogens is 1. The quantitative estimate of drug-likeness (QED) is 0.770. The molecule has 0 unspecified atom stereocenters. The number of rotatable bonds is 2. The molecule has 0 radical (unpaired) electrons. The highest BCUT2D eigenvalue weighted by Gasteiger charge is 2.23. The fourth-order valence-electron chi connectivity index (χ4n) is 2.47. The summed E-state index contributed by atoms with van der Waals surface area (Å²) in [7, 11) is 0. The van der Waals surface area contributed by atoms with Crippen molar-refractivity contribution >= 4 is 28.3 Å². The van der Waals surface area contributed by atoms with Crippen molar-refractivity contribution in [2.45, 2.75) is 6.42 Å². The Morgan fingerprint density at radius 3 is 2.95 bits per heavy atom. The van der Waals surface area contributed by atoms with Gasteiger partial charge < -0.3 is 16.0 Å². The number of carbonyl (C=O) groups excluding carboxylic acids is 2. The summed E-state index contributed by atoms with van der Waals surface area (Å²) in [5.41, 5.74) is 7.39. The molecule has 0 aliphatic carbocycles. The third kappa shape index (κ3) is 1.95. The van der Waals surface area contributed by atoms with Gasteiger partial charge in [0.05, 0.1) is 6.42 Å². The lowest BCUT2D eigenvalue weighted by atomic mass is 9.99. The predicted octanol–water partition coefficient (Wildman–Crippen LogP) is 1.31. The predicted molar refractivity (Wildman–Crippen MR) is 72.4 cm³/mol. The normalized spacial score (nSPS) is 14.4. The maximum atomic E-state index is 13.4. The Balaban J connectivity index is 2.29. The lowest BCUT2D eigenvalue weighted by molar-refractivity contribution is -0.117. The summed E-state index contributed by atoms with van der Waals surface area (Å²) in [5, 5.41) is 3.26. The van der Waals surface area contributed by atoms with E-state index in [1.165, 1.54) is 12.1 Å². The van der Waals surface area contributed by atoms with E-state index in [0.717, 1.165) is 0 Å². The van der Waals surface area contributed by atoms with Gasteiger partial charge in [-0.25, -0.2) is 4.39 Å². The molecule has 102 valence electrons. The Kier molecular flexibility index (Phi) is 2.78. The van der Waals surface area contributed by atoms with Gasteiger partial charge in [0.2, 0.25) is 5.91 Å². The van der Waals surface area contributed by atoms with Crippen LogP contribution in [0.5, 0.6) is 0 Å². The van der Waals surface area contributed by atoms with Crippen molar-refractivity contribution in [1.82, 2.24) is 10.3 Å². The van der Waals surface area contributed by atoms with E-state index in [1.807, 2.05) is 0 Å². The van der Waals surface area contributed by atoms with Gasteiger partial charge in [-0.05, 0) is 23.8 Å². The zero-order chi connectivity index (χ0) is 14.3. The molecular formula is C14H12FN3O2. The number of hydrogen-bond acceptors (Lipinski definition) is 2. The van der Waals surface area contributed by atoms with Crippen LogP contribution in [0.1, 0.15) is 22.5 Å². The number of nitrogens with one attached hydrogen (secondary N) is 2. The summed E-state index contributed by atoms with van der Waals surface area (Å²) >= 11 is 0. The topological polar surface area (TPSA) is 88.0 Å². The van der Waals surface area contributed by atoms with Crippen LogP contribution in [0.15, 0.2) is 24.3 Å². The largest absolute Gasteiger partial charge is 0.369 e. The highest BCUT2D eigenvalue weighted by molar-refractivity contribution is 6.09. The Morgan fingerprint density at radius 1 is 1.40 bits per heavy atom. The average Bonchev–Trinajstić information content (AvgIpc) is 2.68. The number of primary amides is 1. The van der Waals surface area contributed by atoms with Crippen LogP contribution >= 0.6 is 0 Å². The maximum Gasteiger partial charge on any atom is 0.268 e. The second-order valence-electron chi connectivity index (χ2n) is 4.65. The molecule has 0 spiro atoms. The van der Waals surface area contributed by atoms with Crippen molar-refractivity contribution < 1.29 is 14.0 Å². The average molecular weight is 273 g/mol. The third-order valence-corrected chi connectivity index (χ3v) is 3.28. The SMILES string of the molecule is NC(=O)CC1=CCNC(=O)c2[nH]c3ccc(F)cc3c21. The number of carbonyl (C=O) groups is 2. The van der Waals surface area contributed by atoms with Crippen LogP contribution in [-0.4, -0.2) is 23.3 Å². The molecule has 0 saturated carbocycles. The first-order valence-electron chi connectivity index (χ1n) is 6.13. The summed E-state index contributed by atoms with van der Waals surface area (Å²) in [6, 6.07) is 4.22. The first-order chi connectivity index (χ1) is 9.56. The van der Waals surface area contributed by atoms with Crippen molar-refractivity contribution in [2.24, 2.45) is 5.73 Å². The Hall–Kier alpha value is -2.63. The standard InChI is InChI=1S/C14H12FN3O2/c15-8-1-2-10-9(6-8)12-7(5-11(16)19)3-4-17-14(20)13(12)18-10/h1-3,6,18H,4-5H2,(H2,16,19)(H,17,20). The van der Waals surface area contributed by atoms with E-state index in [2.05, 4.69) is 10.3 Å². The molecule has 6 heteroatoms. The van der Waals surface area contributed by atoms with Gasteiger partial charge in [0.25, 0.3) is 5.91 Å². The molecule has 1 aromatic carbocycles. The van der Waals surface area contributed by atoms with E-state index in [1.54, 1.807) is 12.1 Å². The minimum absolute atomic E-state index is 0.00538. The Labute approximate surface area is 113 Å². The smallest absolute Gasteiger partial charge is 0.268 e. The van der Waals surface area contributed by atoms with Gasteiger partial charge in [0, 0.05) is 23.0 Å². The van der Waals surface area contributed by atoms with E-state index in [-0.39, 0.29) is 12.3 Å². The fourth-order valence-corrected chi connectivity index (χ4v) is 2.47. The van der Waals surface area contributed by atoms with Crippen LogP contribution < -0.4 is 11.1 Å². The van der Waals surface area contributed by atoms with E-state index in [0.29, 0.717) is 34.3 Å². The van der Waals surface area contributed by atoms with E-state index < -0.39 is 11.7 Å². The molecule has 4 N–H and O–H groups in total. The van der Waals surface area contributed by atoms with Crippen molar-refractivity contribution in [2.75, 3.05) is 6.54 Å². The van der Waals surface area contributed by atoms with Gasteiger partial charge >= 0.3 is 0 Å². The number of halogens is 1. The van der Waals surface area contributed by atoms with Crippen molar-refractivity contribution in [1.29, 1.82) is 0 Å². The molecule has 20 heavy (non-hydrogen) atoms. The van der Waals surface area contributed by atoms with E-state index >= 15 is 0 Å². The van der Waals surface area contributed by atoms with Gasteiger partial charge in [-0.1, -0.05) is 6.08 Å². The molecule has 0 atom stereocenters. The minimum atomic E-state index is -0.498. The first-order valence-corrected chi connectivity index (χ1v) is 6.13. The molecule has 2 heterocycles. The third-order valence-electron chi connectivity index (χ3n) is 3.28. The number of fused-ring (bicyclic) bond motifs is 3. The second-order valence-corrected chi connectivity index (χ2v) is 4.65. The summed E-state index contributed by atoms with van der Waals surface area (Å²) in [5.74, 6) is -1.18. The van der Waals surface area contributed by atoms with Gasteiger partial charge in [-0.3, -0.25) is 9.59 Å². The first kappa shape index (κ1) is 12.4. The highest BCUT2D eigenvalue weighted by atomic mass is 19.1. The van der Waals surface area contributed by atoms with Crippen molar-refractivity contribution in [3.05, 3.63) is 41.3 Å². The monoisotopic (exact) mass is 273 g/mol.